The maximum absolute atomic E-state index is 12.5. The monoisotopic (exact) mass is 245 g/mol. The second kappa shape index (κ2) is 4.22. The van der Waals surface area contributed by atoms with Gasteiger partial charge in [-0.15, -0.1) is 0 Å². The lowest BCUT2D eigenvalue weighted by Gasteiger charge is -2.17. The number of ether oxygens (including phenoxy) is 1. The van der Waals surface area contributed by atoms with Gasteiger partial charge in [-0.2, -0.15) is 13.2 Å². The van der Waals surface area contributed by atoms with E-state index in [2.05, 4.69) is 0 Å². The Kier molecular flexibility index (Phi) is 3.03. The maximum Gasteiger partial charge on any atom is 0.416 e. The van der Waals surface area contributed by atoms with Crippen LogP contribution in [0.1, 0.15) is 30.0 Å². The molecule has 1 aromatic rings. The number of hydrogen-bond acceptors (Lipinski definition) is 2. The van der Waals surface area contributed by atoms with E-state index < -0.39 is 11.7 Å². The Labute approximate surface area is 97.6 Å². The van der Waals surface area contributed by atoms with Crippen LogP contribution in [0, 0.1) is 5.92 Å². The molecule has 0 saturated heterocycles. The SMILES string of the molecule is COc1cc(C(F)(F)F)ccc1[C@@H](N)C1CC1. The molecule has 5 heteroatoms. The van der Waals surface area contributed by atoms with Gasteiger partial charge in [0.2, 0.25) is 0 Å². The van der Waals surface area contributed by atoms with Crippen LogP contribution in [0.4, 0.5) is 13.2 Å². The summed E-state index contributed by atoms with van der Waals surface area (Å²) < 4.78 is 42.6. The average Bonchev–Trinajstić information content (AvgIpc) is 3.09. The molecule has 0 radical (unpaired) electrons. The van der Waals surface area contributed by atoms with Gasteiger partial charge < -0.3 is 10.5 Å². The normalized spacial score (nSPS) is 17.9. The summed E-state index contributed by atoms with van der Waals surface area (Å²) >= 11 is 0. The van der Waals surface area contributed by atoms with Gasteiger partial charge in [-0.3, -0.25) is 0 Å². The summed E-state index contributed by atoms with van der Waals surface area (Å²) in [6.45, 7) is 0. The number of nitrogens with two attached hydrogens (primary N) is 1. The van der Waals surface area contributed by atoms with Crippen LogP contribution in [0.3, 0.4) is 0 Å². The van der Waals surface area contributed by atoms with E-state index in [1.807, 2.05) is 0 Å². The van der Waals surface area contributed by atoms with Crippen LogP contribution < -0.4 is 10.5 Å². The van der Waals surface area contributed by atoms with Gasteiger partial charge in [0.1, 0.15) is 5.75 Å². The van der Waals surface area contributed by atoms with Crippen molar-refractivity contribution in [2.24, 2.45) is 11.7 Å². The minimum atomic E-state index is -4.35. The van der Waals surface area contributed by atoms with E-state index in [1.165, 1.54) is 13.2 Å². The smallest absolute Gasteiger partial charge is 0.416 e. The van der Waals surface area contributed by atoms with Crippen molar-refractivity contribution in [2.45, 2.75) is 25.1 Å². The molecule has 17 heavy (non-hydrogen) atoms. The molecule has 1 atom stereocenters. The molecule has 94 valence electrons. The second-order valence-corrected chi connectivity index (χ2v) is 4.32. The van der Waals surface area contributed by atoms with Crippen molar-refractivity contribution in [3.05, 3.63) is 29.3 Å². The zero-order valence-electron chi connectivity index (χ0n) is 9.42. The Hall–Kier alpha value is -1.23. The summed E-state index contributed by atoms with van der Waals surface area (Å²) in [6, 6.07) is 3.26. The third-order valence-corrected chi connectivity index (χ3v) is 3.05. The summed E-state index contributed by atoms with van der Waals surface area (Å²) in [4.78, 5) is 0. The lowest BCUT2D eigenvalue weighted by molar-refractivity contribution is -0.137. The summed E-state index contributed by atoms with van der Waals surface area (Å²) in [5, 5.41) is 0. The quantitative estimate of drug-likeness (QED) is 0.888. The fraction of sp³-hybridized carbons (Fsp3) is 0.500. The fourth-order valence-corrected chi connectivity index (χ4v) is 1.87. The first-order valence-electron chi connectivity index (χ1n) is 5.44. The first kappa shape index (κ1) is 12.2. The highest BCUT2D eigenvalue weighted by molar-refractivity contribution is 5.41. The van der Waals surface area contributed by atoms with Gasteiger partial charge in [-0.1, -0.05) is 6.07 Å². The van der Waals surface area contributed by atoms with Crippen LogP contribution in [0.2, 0.25) is 0 Å². The predicted octanol–water partition coefficient (Wildman–Crippen LogP) is 3.12. The molecule has 0 amide bonds. The summed E-state index contributed by atoms with van der Waals surface area (Å²) in [7, 11) is 1.36. The molecule has 1 fully saturated rings. The Morgan fingerprint density at radius 1 is 1.35 bits per heavy atom. The van der Waals surface area contributed by atoms with Crippen LogP contribution in [0.15, 0.2) is 18.2 Å². The zero-order chi connectivity index (χ0) is 12.6. The molecule has 0 bridgehead atoms. The Morgan fingerprint density at radius 2 is 2.00 bits per heavy atom. The number of alkyl halides is 3. The molecule has 0 aromatic heterocycles. The molecule has 0 heterocycles. The first-order valence-corrected chi connectivity index (χ1v) is 5.44. The van der Waals surface area contributed by atoms with Gasteiger partial charge in [0, 0.05) is 11.6 Å². The number of hydrogen-bond donors (Lipinski definition) is 1. The first-order chi connectivity index (χ1) is 7.93. The number of halogens is 3. The van der Waals surface area contributed by atoms with Crippen LogP contribution >= 0.6 is 0 Å². The summed E-state index contributed by atoms with van der Waals surface area (Å²) in [6.07, 6.45) is -2.29. The fourth-order valence-electron chi connectivity index (χ4n) is 1.87. The molecule has 1 aromatic carbocycles. The lowest BCUT2D eigenvalue weighted by atomic mass is 10.0. The van der Waals surface area contributed by atoms with Crippen molar-refractivity contribution < 1.29 is 17.9 Å². The maximum atomic E-state index is 12.5. The van der Waals surface area contributed by atoms with E-state index >= 15 is 0 Å². The average molecular weight is 245 g/mol. The molecule has 1 saturated carbocycles. The van der Waals surface area contributed by atoms with Gasteiger partial charge in [0.05, 0.1) is 12.7 Å². The molecular weight excluding hydrogens is 231 g/mol. The minimum absolute atomic E-state index is 0.222. The topological polar surface area (TPSA) is 35.2 Å². The van der Waals surface area contributed by atoms with E-state index in [4.69, 9.17) is 10.5 Å². The van der Waals surface area contributed by atoms with E-state index in [1.54, 1.807) is 0 Å². The van der Waals surface area contributed by atoms with Gasteiger partial charge in [-0.25, -0.2) is 0 Å². The minimum Gasteiger partial charge on any atom is -0.496 e. The molecule has 1 aliphatic rings. The summed E-state index contributed by atoms with van der Waals surface area (Å²) in [5.41, 5.74) is 5.92. The highest BCUT2D eigenvalue weighted by Crippen LogP contribution is 2.43. The molecule has 2 N–H and O–H groups in total. The van der Waals surface area contributed by atoms with Gasteiger partial charge in [-0.05, 0) is 30.9 Å². The highest BCUT2D eigenvalue weighted by Gasteiger charge is 2.34. The molecule has 2 nitrogen and oxygen atoms in total. The molecule has 0 spiro atoms. The second-order valence-electron chi connectivity index (χ2n) is 4.32. The Bertz CT molecular complexity index is 413. The molecule has 0 aliphatic heterocycles. The van der Waals surface area contributed by atoms with Crippen LogP contribution in [-0.2, 0) is 6.18 Å². The number of methoxy groups -OCH3 is 1. The van der Waals surface area contributed by atoms with Crippen molar-refractivity contribution in [1.82, 2.24) is 0 Å². The van der Waals surface area contributed by atoms with Gasteiger partial charge >= 0.3 is 6.18 Å². The molecule has 0 unspecified atom stereocenters. The van der Waals surface area contributed by atoms with Crippen molar-refractivity contribution >= 4 is 0 Å². The van der Waals surface area contributed by atoms with Crippen LogP contribution in [-0.4, -0.2) is 7.11 Å². The highest BCUT2D eigenvalue weighted by atomic mass is 19.4. The van der Waals surface area contributed by atoms with Crippen molar-refractivity contribution in [3.8, 4) is 5.75 Å². The van der Waals surface area contributed by atoms with E-state index in [0.717, 1.165) is 25.0 Å². The van der Waals surface area contributed by atoms with Crippen LogP contribution in [0.25, 0.3) is 0 Å². The molecular formula is C12H14F3NO. The van der Waals surface area contributed by atoms with E-state index in [0.29, 0.717) is 11.5 Å². The predicted molar refractivity (Wildman–Crippen MR) is 57.6 cm³/mol. The standard InChI is InChI=1S/C12H14F3NO/c1-17-10-6-8(12(13,14)15)4-5-9(10)11(16)7-2-3-7/h4-7,11H,2-3,16H2,1H3/t11-/m0/s1. The third kappa shape index (κ3) is 2.54. The van der Waals surface area contributed by atoms with E-state index in [-0.39, 0.29) is 11.8 Å². The van der Waals surface area contributed by atoms with Crippen LogP contribution in [0.5, 0.6) is 5.75 Å². The molecule has 1 aliphatic carbocycles. The Balaban J connectivity index is 2.34. The summed E-state index contributed by atoms with van der Waals surface area (Å²) in [5.74, 6) is 0.597. The van der Waals surface area contributed by atoms with Gasteiger partial charge in [0.25, 0.3) is 0 Å². The van der Waals surface area contributed by atoms with Crippen molar-refractivity contribution in [3.63, 3.8) is 0 Å². The van der Waals surface area contributed by atoms with Gasteiger partial charge in [0.15, 0.2) is 0 Å². The molecule has 2 rings (SSSR count). The van der Waals surface area contributed by atoms with E-state index in [9.17, 15) is 13.2 Å². The third-order valence-electron chi connectivity index (χ3n) is 3.05. The van der Waals surface area contributed by atoms with Crippen molar-refractivity contribution in [1.29, 1.82) is 0 Å². The number of benzene rings is 1. The lowest BCUT2D eigenvalue weighted by Crippen LogP contribution is -2.14. The zero-order valence-corrected chi connectivity index (χ0v) is 9.42. The Morgan fingerprint density at radius 3 is 2.47 bits per heavy atom. The number of rotatable bonds is 3. The largest absolute Gasteiger partial charge is 0.496 e. The van der Waals surface area contributed by atoms with Crippen molar-refractivity contribution in [2.75, 3.05) is 7.11 Å².